The lowest BCUT2D eigenvalue weighted by Gasteiger charge is -2.16. The first kappa shape index (κ1) is 17.4. The van der Waals surface area contributed by atoms with E-state index in [9.17, 15) is 4.79 Å². The summed E-state index contributed by atoms with van der Waals surface area (Å²) >= 11 is 0. The second kappa shape index (κ2) is 6.95. The Labute approximate surface area is 158 Å². The lowest BCUT2D eigenvalue weighted by atomic mass is 10.1. The maximum Gasteiger partial charge on any atom is 0.255 e. The van der Waals surface area contributed by atoms with E-state index >= 15 is 0 Å². The largest absolute Gasteiger partial charge is 0.341 e. The van der Waals surface area contributed by atoms with E-state index in [2.05, 4.69) is 26.9 Å². The van der Waals surface area contributed by atoms with Gasteiger partial charge in [-0.15, -0.1) is 0 Å². The molecule has 1 atom stereocenters. The summed E-state index contributed by atoms with van der Waals surface area (Å²) in [5.74, 6) is 1.37. The van der Waals surface area contributed by atoms with Crippen molar-refractivity contribution in [3.8, 4) is 22.6 Å². The van der Waals surface area contributed by atoms with Crippen LogP contribution < -0.4 is 0 Å². The number of aromatic nitrogens is 4. The van der Waals surface area contributed by atoms with Gasteiger partial charge in [0.15, 0.2) is 5.82 Å². The van der Waals surface area contributed by atoms with Gasteiger partial charge in [0.2, 0.25) is 0 Å². The molecule has 1 aliphatic heterocycles. The quantitative estimate of drug-likeness (QED) is 0.773. The molecule has 0 aromatic carbocycles. The molecule has 1 N–H and O–H groups in total. The third kappa shape index (κ3) is 3.47. The lowest BCUT2D eigenvalue weighted by molar-refractivity contribution is 0.0787. The zero-order valence-corrected chi connectivity index (χ0v) is 15.9. The Hall–Kier alpha value is -3.02. The van der Waals surface area contributed by atoms with Crippen LogP contribution in [-0.2, 0) is 0 Å². The predicted octanol–water partition coefficient (Wildman–Crippen LogP) is 3.63. The molecule has 1 saturated heterocycles. The number of nitrogens with one attached hydrogen (secondary N) is 1. The Morgan fingerprint density at radius 1 is 1.22 bits per heavy atom. The van der Waals surface area contributed by atoms with Gasteiger partial charge in [-0.3, -0.25) is 14.8 Å². The van der Waals surface area contributed by atoms with E-state index in [4.69, 9.17) is 0 Å². The maximum atomic E-state index is 12.8. The van der Waals surface area contributed by atoms with Crippen molar-refractivity contribution in [1.82, 2.24) is 24.8 Å². The summed E-state index contributed by atoms with van der Waals surface area (Å²) < 4.78 is 0. The number of carbonyl (C=O) groups excluding carboxylic acids is 1. The van der Waals surface area contributed by atoms with Crippen LogP contribution in [0.25, 0.3) is 22.6 Å². The number of carbonyl (C=O) groups is 1. The van der Waals surface area contributed by atoms with Crippen LogP contribution in [0.4, 0.5) is 0 Å². The van der Waals surface area contributed by atoms with E-state index in [0.717, 1.165) is 53.5 Å². The second-order valence-corrected chi connectivity index (χ2v) is 7.33. The average Bonchev–Trinajstić information content (AvgIpc) is 3.27. The highest BCUT2D eigenvalue weighted by atomic mass is 16.2. The average molecular weight is 361 g/mol. The Balaban J connectivity index is 1.64. The number of hydrogen-bond donors (Lipinski definition) is 1. The molecule has 0 spiro atoms. The fourth-order valence-electron chi connectivity index (χ4n) is 3.43. The minimum Gasteiger partial charge on any atom is -0.341 e. The van der Waals surface area contributed by atoms with Gasteiger partial charge >= 0.3 is 0 Å². The minimum atomic E-state index is 0.0558. The van der Waals surface area contributed by atoms with Gasteiger partial charge in [0.05, 0.1) is 11.3 Å². The molecule has 6 heteroatoms. The Kier molecular flexibility index (Phi) is 4.48. The van der Waals surface area contributed by atoms with Crippen LogP contribution in [0.3, 0.4) is 0 Å². The normalized spacial score (nSPS) is 16.7. The van der Waals surface area contributed by atoms with E-state index < -0.39 is 0 Å². The van der Waals surface area contributed by atoms with E-state index in [-0.39, 0.29) is 5.91 Å². The first-order chi connectivity index (χ1) is 13.0. The number of aryl methyl sites for hydroxylation is 2. The van der Waals surface area contributed by atoms with E-state index in [1.54, 1.807) is 18.6 Å². The van der Waals surface area contributed by atoms with E-state index in [0.29, 0.717) is 11.5 Å². The summed E-state index contributed by atoms with van der Waals surface area (Å²) in [5, 5.41) is 0. The van der Waals surface area contributed by atoms with Gasteiger partial charge < -0.3 is 9.88 Å². The third-order valence-corrected chi connectivity index (χ3v) is 5.16. The Morgan fingerprint density at radius 3 is 2.78 bits per heavy atom. The highest BCUT2D eigenvalue weighted by Crippen LogP contribution is 2.25. The number of amides is 1. The molecule has 0 aliphatic carbocycles. The number of nitrogens with zero attached hydrogens (tertiary/aromatic N) is 4. The summed E-state index contributed by atoms with van der Waals surface area (Å²) in [5.41, 5.74) is 5.26. The molecule has 4 heterocycles. The monoisotopic (exact) mass is 361 g/mol. The fraction of sp³-hybridized carbons (Fsp3) is 0.333. The first-order valence-electron chi connectivity index (χ1n) is 9.25. The zero-order chi connectivity index (χ0) is 19.0. The van der Waals surface area contributed by atoms with Crippen molar-refractivity contribution in [2.45, 2.75) is 27.2 Å². The second-order valence-electron chi connectivity index (χ2n) is 7.33. The smallest absolute Gasteiger partial charge is 0.255 e. The van der Waals surface area contributed by atoms with Gasteiger partial charge in [-0.05, 0) is 49.9 Å². The number of likely N-dealkylation sites (tertiary alicyclic amines) is 1. The predicted molar refractivity (Wildman–Crippen MR) is 104 cm³/mol. The van der Waals surface area contributed by atoms with Gasteiger partial charge in [0.25, 0.3) is 5.91 Å². The van der Waals surface area contributed by atoms with E-state index in [1.807, 2.05) is 36.9 Å². The van der Waals surface area contributed by atoms with Crippen molar-refractivity contribution in [3.63, 3.8) is 0 Å². The first-order valence-corrected chi connectivity index (χ1v) is 9.25. The fourth-order valence-corrected chi connectivity index (χ4v) is 3.43. The number of rotatable bonds is 3. The third-order valence-electron chi connectivity index (χ3n) is 5.16. The highest BCUT2D eigenvalue weighted by molar-refractivity contribution is 5.95. The summed E-state index contributed by atoms with van der Waals surface area (Å²) in [6, 6.07) is 5.81. The number of hydrogen-bond acceptors (Lipinski definition) is 4. The van der Waals surface area contributed by atoms with Crippen molar-refractivity contribution in [3.05, 3.63) is 53.7 Å². The molecule has 1 unspecified atom stereocenters. The summed E-state index contributed by atoms with van der Waals surface area (Å²) in [6.45, 7) is 7.78. The molecule has 1 amide bonds. The molecule has 0 bridgehead atoms. The van der Waals surface area contributed by atoms with Gasteiger partial charge in [0, 0.05) is 42.9 Å². The minimum absolute atomic E-state index is 0.0558. The number of aromatic amines is 1. The molecule has 1 fully saturated rings. The van der Waals surface area contributed by atoms with Crippen LogP contribution in [0.1, 0.15) is 35.1 Å². The van der Waals surface area contributed by atoms with Crippen LogP contribution in [-0.4, -0.2) is 43.8 Å². The molecule has 1 aliphatic rings. The zero-order valence-electron chi connectivity index (χ0n) is 15.9. The van der Waals surface area contributed by atoms with Crippen molar-refractivity contribution >= 4 is 5.91 Å². The number of pyridine rings is 2. The summed E-state index contributed by atoms with van der Waals surface area (Å²) in [6.07, 6.45) is 6.25. The van der Waals surface area contributed by atoms with Crippen molar-refractivity contribution < 1.29 is 4.79 Å². The molecular weight excluding hydrogens is 338 g/mol. The van der Waals surface area contributed by atoms with Crippen LogP contribution in [0.15, 0.2) is 36.8 Å². The van der Waals surface area contributed by atoms with Crippen LogP contribution in [0, 0.1) is 19.8 Å². The molecule has 27 heavy (non-hydrogen) atoms. The SMILES string of the molecule is Cc1nc(-c2cc(-c3cncc(C(=O)N4CCC(C)C4)c3)ccn2)[nH]c1C. The van der Waals surface area contributed by atoms with Gasteiger partial charge in [-0.1, -0.05) is 6.92 Å². The molecule has 3 aromatic heterocycles. The van der Waals surface area contributed by atoms with Crippen molar-refractivity contribution in [2.75, 3.05) is 13.1 Å². The molecule has 0 radical (unpaired) electrons. The van der Waals surface area contributed by atoms with Crippen molar-refractivity contribution in [2.24, 2.45) is 5.92 Å². The maximum absolute atomic E-state index is 12.8. The molecule has 6 nitrogen and oxygen atoms in total. The van der Waals surface area contributed by atoms with Crippen LogP contribution in [0.2, 0.25) is 0 Å². The standard InChI is InChI=1S/C21H23N5O/c1-13-5-7-26(12-13)21(27)18-8-17(10-22-11-18)16-4-6-23-19(9-16)20-24-14(2)15(3)25-20/h4,6,8-11,13H,5,7,12H2,1-3H3,(H,24,25). The topological polar surface area (TPSA) is 74.8 Å². The highest BCUT2D eigenvalue weighted by Gasteiger charge is 2.24. The molecule has 4 rings (SSSR count). The van der Waals surface area contributed by atoms with Crippen LogP contribution in [0.5, 0.6) is 0 Å². The Bertz CT molecular complexity index is 974. The van der Waals surface area contributed by atoms with Crippen LogP contribution >= 0.6 is 0 Å². The molecule has 138 valence electrons. The van der Waals surface area contributed by atoms with Gasteiger partial charge in [-0.2, -0.15) is 0 Å². The van der Waals surface area contributed by atoms with Crippen molar-refractivity contribution in [1.29, 1.82) is 0 Å². The number of imidazole rings is 1. The van der Waals surface area contributed by atoms with Gasteiger partial charge in [-0.25, -0.2) is 4.98 Å². The van der Waals surface area contributed by atoms with E-state index in [1.165, 1.54) is 0 Å². The Morgan fingerprint density at radius 2 is 2.07 bits per heavy atom. The summed E-state index contributed by atoms with van der Waals surface area (Å²) in [7, 11) is 0. The molecule has 0 saturated carbocycles. The summed E-state index contributed by atoms with van der Waals surface area (Å²) in [4.78, 5) is 31.2. The molecule has 3 aromatic rings. The lowest BCUT2D eigenvalue weighted by Crippen LogP contribution is -2.28. The molecular formula is C21H23N5O. The number of H-pyrrole nitrogens is 1. The van der Waals surface area contributed by atoms with Gasteiger partial charge in [0.1, 0.15) is 5.69 Å².